The van der Waals surface area contributed by atoms with Crippen LogP contribution < -0.4 is 0 Å². The summed E-state index contributed by atoms with van der Waals surface area (Å²) in [4.78, 5) is 0.205. The SMILES string of the molecule is O=S(=O)(c1ccccc1)C1(c2ccccc2)C(c2ccccc2)[C@H]1Cc1cccc(C(F)(F)F)c1. The van der Waals surface area contributed by atoms with Crippen LogP contribution in [0, 0.1) is 5.92 Å². The van der Waals surface area contributed by atoms with Crippen molar-refractivity contribution in [1.29, 1.82) is 0 Å². The zero-order valence-electron chi connectivity index (χ0n) is 18.7. The van der Waals surface area contributed by atoms with Gasteiger partial charge in [0.15, 0.2) is 9.84 Å². The molecule has 1 saturated carbocycles. The number of alkyl halides is 3. The van der Waals surface area contributed by atoms with Gasteiger partial charge in [-0.1, -0.05) is 97.1 Å². The Labute approximate surface area is 203 Å². The molecule has 0 heterocycles. The van der Waals surface area contributed by atoms with Gasteiger partial charge < -0.3 is 0 Å². The minimum atomic E-state index is -4.47. The summed E-state index contributed by atoms with van der Waals surface area (Å²) in [6.45, 7) is 0. The Balaban J connectivity index is 1.70. The van der Waals surface area contributed by atoms with E-state index in [1.165, 1.54) is 6.07 Å². The summed E-state index contributed by atoms with van der Waals surface area (Å²) in [7, 11) is -3.91. The second-order valence-electron chi connectivity index (χ2n) is 8.87. The summed E-state index contributed by atoms with van der Waals surface area (Å²) < 4.78 is 67.6. The van der Waals surface area contributed by atoms with Gasteiger partial charge in [-0.2, -0.15) is 13.2 Å². The Morgan fingerprint density at radius 2 is 1.29 bits per heavy atom. The highest BCUT2D eigenvalue weighted by Gasteiger charge is 2.73. The fourth-order valence-corrected chi connectivity index (χ4v) is 7.92. The van der Waals surface area contributed by atoms with Crippen molar-refractivity contribution in [2.75, 3.05) is 0 Å². The first-order valence-corrected chi connectivity index (χ1v) is 12.8. The molecule has 0 aliphatic heterocycles. The lowest BCUT2D eigenvalue weighted by Gasteiger charge is -2.21. The minimum Gasteiger partial charge on any atom is -0.223 e. The fourth-order valence-electron chi connectivity index (χ4n) is 5.38. The van der Waals surface area contributed by atoms with Gasteiger partial charge in [-0.15, -0.1) is 0 Å². The van der Waals surface area contributed by atoms with Gasteiger partial charge in [-0.25, -0.2) is 8.42 Å². The van der Waals surface area contributed by atoms with Gasteiger partial charge in [-0.05, 0) is 47.2 Å². The van der Waals surface area contributed by atoms with Crippen molar-refractivity contribution >= 4 is 9.84 Å². The molecule has 3 atom stereocenters. The molecular weight excluding hydrogens is 469 g/mol. The molecule has 1 fully saturated rings. The van der Waals surface area contributed by atoms with E-state index in [9.17, 15) is 21.6 Å². The zero-order chi connectivity index (χ0) is 24.7. The van der Waals surface area contributed by atoms with Gasteiger partial charge in [0.2, 0.25) is 0 Å². The monoisotopic (exact) mass is 492 g/mol. The molecule has 0 N–H and O–H groups in total. The van der Waals surface area contributed by atoms with Gasteiger partial charge in [0, 0.05) is 5.92 Å². The summed E-state index contributed by atoms with van der Waals surface area (Å²) >= 11 is 0. The predicted octanol–water partition coefficient (Wildman–Crippen LogP) is 7.03. The van der Waals surface area contributed by atoms with Crippen LogP contribution in [0.15, 0.2) is 120 Å². The van der Waals surface area contributed by atoms with Crippen LogP contribution in [0.1, 0.15) is 28.2 Å². The highest BCUT2D eigenvalue weighted by Crippen LogP contribution is 2.70. The minimum absolute atomic E-state index is 0.199. The first-order valence-electron chi connectivity index (χ1n) is 11.3. The molecule has 2 unspecified atom stereocenters. The maximum absolute atomic E-state index is 14.3. The third-order valence-corrected chi connectivity index (χ3v) is 9.47. The van der Waals surface area contributed by atoms with Crippen molar-refractivity contribution in [3.8, 4) is 0 Å². The number of halogens is 3. The van der Waals surface area contributed by atoms with Crippen LogP contribution in [-0.4, -0.2) is 8.42 Å². The Morgan fingerprint density at radius 1 is 0.714 bits per heavy atom. The zero-order valence-corrected chi connectivity index (χ0v) is 19.5. The highest BCUT2D eigenvalue weighted by atomic mass is 32.2. The van der Waals surface area contributed by atoms with Crippen molar-refractivity contribution in [3.05, 3.63) is 138 Å². The number of sulfone groups is 1. The van der Waals surface area contributed by atoms with Crippen LogP contribution >= 0.6 is 0 Å². The molecule has 0 amide bonds. The summed E-state index contributed by atoms with van der Waals surface area (Å²) in [5.74, 6) is -0.855. The van der Waals surface area contributed by atoms with E-state index in [2.05, 4.69) is 0 Å². The van der Waals surface area contributed by atoms with E-state index in [1.54, 1.807) is 48.5 Å². The molecule has 0 bridgehead atoms. The van der Waals surface area contributed by atoms with E-state index in [1.807, 2.05) is 48.5 Å². The maximum atomic E-state index is 14.3. The van der Waals surface area contributed by atoms with Crippen molar-refractivity contribution in [1.82, 2.24) is 0 Å². The highest BCUT2D eigenvalue weighted by molar-refractivity contribution is 7.92. The predicted molar refractivity (Wildman–Crippen MR) is 130 cm³/mol. The largest absolute Gasteiger partial charge is 0.416 e. The molecule has 0 saturated heterocycles. The van der Waals surface area contributed by atoms with Gasteiger partial charge in [-0.3, -0.25) is 0 Å². The topological polar surface area (TPSA) is 34.1 Å². The molecule has 0 radical (unpaired) electrons. The molecule has 1 aliphatic rings. The van der Waals surface area contributed by atoms with E-state index in [-0.39, 0.29) is 11.3 Å². The molecular formula is C29H23F3O2S. The lowest BCUT2D eigenvalue weighted by molar-refractivity contribution is -0.137. The second kappa shape index (κ2) is 8.68. The van der Waals surface area contributed by atoms with Crippen LogP contribution in [0.25, 0.3) is 0 Å². The van der Waals surface area contributed by atoms with E-state index < -0.39 is 38.2 Å². The quantitative estimate of drug-likeness (QED) is 0.290. The third kappa shape index (κ3) is 3.96. The van der Waals surface area contributed by atoms with Crippen molar-refractivity contribution < 1.29 is 21.6 Å². The molecule has 178 valence electrons. The normalized spacial score (nSPS) is 22.0. The molecule has 4 aromatic rings. The molecule has 1 aliphatic carbocycles. The lowest BCUT2D eigenvalue weighted by Crippen LogP contribution is -2.26. The molecule has 4 aromatic carbocycles. The van der Waals surface area contributed by atoms with Gasteiger partial charge in [0.05, 0.1) is 10.5 Å². The summed E-state index contributed by atoms with van der Waals surface area (Å²) in [5.41, 5.74) is 1.23. The molecule has 0 spiro atoms. The summed E-state index contributed by atoms with van der Waals surface area (Å²) in [6, 6.07) is 31.9. The van der Waals surface area contributed by atoms with Crippen LogP contribution in [0.2, 0.25) is 0 Å². The standard InChI is InChI=1S/C29H23F3O2S/c30-29(31,32)24-16-10-11-21(19-24)20-26-27(22-12-4-1-5-13-22)28(26,23-14-6-2-7-15-23)35(33,34)25-17-8-3-9-18-25/h1-19,26-27H,20H2/t26-,27?,28?/m1/s1. The maximum Gasteiger partial charge on any atom is 0.416 e. The van der Waals surface area contributed by atoms with Crippen LogP contribution in [0.3, 0.4) is 0 Å². The number of hydrogen-bond acceptors (Lipinski definition) is 2. The van der Waals surface area contributed by atoms with Crippen LogP contribution in [-0.2, 0) is 27.2 Å². The molecule has 0 aromatic heterocycles. The Hall–Kier alpha value is -3.38. The number of benzene rings is 4. The van der Waals surface area contributed by atoms with Crippen molar-refractivity contribution in [2.24, 2.45) is 5.92 Å². The average Bonchev–Trinajstić information content (AvgIpc) is 3.55. The van der Waals surface area contributed by atoms with Crippen molar-refractivity contribution in [3.63, 3.8) is 0 Å². The third-order valence-electron chi connectivity index (χ3n) is 6.90. The fraction of sp³-hybridized carbons (Fsp3) is 0.172. The van der Waals surface area contributed by atoms with Crippen molar-refractivity contribution in [2.45, 2.75) is 28.2 Å². The summed E-state index contributed by atoms with van der Waals surface area (Å²) in [5, 5.41) is 0. The number of rotatable bonds is 6. The van der Waals surface area contributed by atoms with Gasteiger partial charge in [0.1, 0.15) is 4.75 Å². The number of hydrogen-bond donors (Lipinski definition) is 0. The first-order chi connectivity index (χ1) is 16.8. The van der Waals surface area contributed by atoms with E-state index in [4.69, 9.17) is 0 Å². The van der Waals surface area contributed by atoms with Gasteiger partial charge in [0.25, 0.3) is 0 Å². The van der Waals surface area contributed by atoms with E-state index in [0.717, 1.165) is 17.7 Å². The second-order valence-corrected chi connectivity index (χ2v) is 11.0. The first kappa shape index (κ1) is 23.4. The molecule has 6 heteroatoms. The Bertz CT molecular complexity index is 1420. The van der Waals surface area contributed by atoms with E-state index >= 15 is 0 Å². The molecule has 2 nitrogen and oxygen atoms in total. The summed E-state index contributed by atoms with van der Waals surface area (Å²) in [6.07, 6.45) is -4.27. The smallest absolute Gasteiger partial charge is 0.223 e. The Morgan fingerprint density at radius 3 is 1.89 bits per heavy atom. The van der Waals surface area contributed by atoms with E-state index in [0.29, 0.717) is 11.1 Å². The van der Waals surface area contributed by atoms with Crippen LogP contribution in [0.4, 0.5) is 13.2 Å². The average molecular weight is 493 g/mol. The molecule has 35 heavy (non-hydrogen) atoms. The van der Waals surface area contributed by atoms with Gasteiger partial charge >= 0.3 is 6.18 Å². The lowest BCUT2D eigenvalue weighted by atomic mass is 10.0. The van der Waals surface area contributed by atoms with Crippen LogP contribution in [0.5, 0.6) is 0 Å². The molecule has 5 rings (SSSR count). The Kier molecular flexibility index (Phi) is 5.80.